The van der Waals surface area contributed by atoms with Crippen molar-refractivity contribution in [2.45, 2.75) is 26.2 Å². The van der Waals surface area contributed by atoms with Gasteiger partial charge >= 0.3 is 0 Å². The SMILES string of the molecule is Cc1cc(N)ncc1C1=CC(=O)CCC1. The number of hydrogen-bond donors (Lipinski definition) is 1. The van der Waals surface area contributed by atoms with Crippen LogP contribution < -0.4 is 5.73 Å². The van der Waals surface area contributed by atoms with Gasteiger partial charge in [-0.25, -0.2) is 4.98 Å². The average Bonchev–Trinajstić information content (AvgIpc) is 2.17. The number of nitrogens with zero attached hydrogens (tertiary/aromatic N) is 1. The van der Waals surface area contributed by atoms with E-state index < -0.39 is 0 Å². The second-order valence-electron chi connectivity index (χ2n) is 3.91. The number of carbonyl (C=O) groups is 1. The van der Waals surface area contributed by atoms with Crippen LogP contribution in [-0.4, -0.2) is 10.8 Å². The molecule has 3 heteroatoms. The number of hydrogen-bond acceptors (Lipinski definition) is 3. The Bertz CT molecular complexity index is 435. The highest BCUT2D eigenvalue weighted by molar-refractivity contribution is 5.98. The summed E-state index contributed by atoms with van der Waals surface area (Å²) in [5.41, 5.74) is 8.82. The summed E-state index contributed by atoms with van der Waals surface area (Å²) in [6.07, 6.45) is 6.07. The minimum Gasteiger partial charge on any atom is -0.384 e. The van der Waals surface area contributed by atoms with Crippen molar-refractivity contribution in [3.8, 4) is 0 Å². The summed E-state index contributed by atoms with van der Waals surface area (Å²) in [6.45, 7) is 1.99. The van der Waals surface area contributed by atoms with Crippen LogP contribution in [0.1, 0.15) is 30.4 Å². The van der Waals surface area contributed by atoms with Crippen molar-refractivity contribution in [2.24, 2.45) is 0 Å². The summed E-state index contributed by atoms with van der Waals surface area (Å²) in [4.78, 5) is 15.4. The van der Waals surface area contributed by atoms with Crippen LogP contribution in [0.3, 0.4) is 0 Å². The largest absolute Gasteiger partial charge is 0.384 e. The molecule has 0 fully saturated rings. The highest BCUT2D eigenvalue weighted by Crippen LogP contribution is 2.27. The summed E-state index contributed by atoms with van der Waals surface area (Å²) in [5, 5.41) is 0. The zero-order valence-electron chi connectivity index (χ0n) is 8.79. The molecule has 2 N–H and O–H groups in total. The van der Waals surface area contributed by atoms with Gasteiger partial charge in [0.05, 0.1) is 0 Å². The number of ketones is 1. The number of carbonyl (C=O) groups excluding carboxylic acids is 1. The minimum absolute atomic E-state index is 0.215. The molecular weight excluding hydrogens is 188 g/mol. The number of nitrogen functional groups attached to an aromatic ring is 1. The van der Waals surface area contributed by atoms with Crippen molar-refractivity contribution < 1.29 is 4.79 Å². The van der Waals surface area contributed by atoms with Gasteiger partial charge in [-0.2, -0.15) is 0 Å². The molecule has 0 atom stereocenters. The van der Waals surface area contributed by atoms with E-state index in [4.69, 9.17) is 5.73 Å². The van der Waals surface area contributed by atoms with E-state index in [0.29, 0.717) is 12.2 Å². The first-order valence-corrected chi connectivity index (χ1v) is 5.13. The van der Waals surface area contributed by atoms with Crippen LogP contribution in [-0.2, 0) is 4.79 Å². The standard InChI is InChI=1S/C12H14N2O/c1-8-5-12(13)14-7-11(8)9-3-2-4-10(15)6-9/h5-7H,2-4H2,1H3,(H2,13,14). The summed E-state index contributed by atoms with van der Waals surface area (Å²) in [5.74, 6) is 0.742. The number of aryl methyl sites for hydroxylation is 1. The molecule has 78 valence electrons. The predicted molar refractivity (Wildman–Crippen MR) is 60.2 cm³/mol. The normalized spacial score (nSPS) is 16.3. The maximum absolute atomic E-state index is 11.3. The molecule has 0 aliphatic heterocycles. The van der Waals surface area contributed by atoms with Crippen LogP contribution in [0, 0.1) is 6.92 Å². The summed E-state index contributed by atoms with van der Waals surface area (Å²) in [6, 6.07) is 1.84. The van der Waals surface area contributed by atoms with E-state index in [2.05, 4.69) is 4.98 Å². The lowest BCUT2D eigenvalue weighted by Gasteiger charge is -2.14. The Morgan fingerprint density at radius 1 is 1.40 bits per heavy atom. The Labute approximate surface area is 89.0 Å². The third kappa shape index (κ3) is 2.06. The van der Waals surface area contributed by atoms with E-state index in [0.717, 1.165) is 29.5 Å². The van der Waals surface area contributed by atoms with Gasteiger partial charge in [0, 0.05) is 12.6 Å². The molecule has 1 heterocycles. The fourth-order valence-corrected chi connectivity index (χ4v) is 1.92. The monoisotopic (exact) mass is 202 g/mol. The van der Waals surface area contributed by atoms with E-state index >= 15 is 0 Å². The van der Waals surface area contributed by atoms with Gasteiger partial charge in [0.2, 0.25) is 0 Å². The fourth-order valence-electron chi connectivity index (χ4n) is 1.92. The molecule has 0 bridgehead atoms. The van der Waals surface area contributed by atoms with Gasteiger partial charge in [-0.05, 0) is 48.6 Å². The molecule has 1 aliphatic carbocycles. The Hall–Kier alpha value is -1.64. The van der Waals surface area contributed by atoms with E-state index in [1.807, 2.05) is 13.0 Å². The third-order valence-electron chi connectivity index (χ3n) is 2.68. The molecule has 3 nitrogen and oxygen atoms in total. The summed E-state index contributed by atoms with van der Waals surface area (Å²) < 4.78 is 0. The molecule has 0 saturated carbocycles. The van der Waals surface area contributed by atoms with Crippen molar-refractivity contribution in [1.29, 1.82) is 0 Å². The van der Waals surface area contributed by atoms with Gasteiger partial charge in [-0.15, -0.1) is 0 Å². The van der Waals surface area contributed by atoms with Gasteiger partial charge in [0.1, 0.15) is 5.82 Å². The molecule has 0 radical (unpaired) electrons. The first kappa shape index (κ1) is 9.90. The van der Waals surface area contributed by atoms with Crippen LogP contribution in [0.4, 0.5) is 5.82 Å². The van der Waals surface area contributed by atoms with Gasteiger partial charge in [0.15, 0.2) is 5.78 Å². The molecule has 0 unspecified atom stereocenters. The van der Waals surface area contributed by atoms with Crippen LogP contribution in [0.2, 0.25) is 0 Å². The van der Waals surface area contributed by atoms with Crippen LogP contribution >= 0.6 is 0 Å². The van der Waals surface area contributed by atoms with Gasteiger partial charge < -0.3 is 5.73 Å². The molecule has 1 aliphatic rings. The second kappa shape index (κ2) is 3.85. The number of aromatic nitrogens is 1. The Morgan fingerprint density at radius 2 is 2.20 bits per heavy atom. The van der Waals surface area contributed by atoms with E-state index in [9.17, 15) is 4.79 Å². The molecular formula is C12H14N2O. The molecule has 1 aromatic rings. The Morgan fingerprint density at radius 3 is 2.87 bits per heavy atom. The van der Waals surface area contributed by atoms with Crippen LogP contribution in [0.25, 0.3) is 5.57 Å². The quantitative estimate of drug-likeness (QED) is 0.758. The zero-order chi connectivity index (χ0) is 10.8. The molecule has 1 aromatic heterocycles. The number of nitrogens with two attached hydrogens (primary N) is 1. The number of allylic oxidation sites excluding steroid dienone is 2. The van der Waals surface area contributed by atoms with Crippen molar-refractivity contribution in [1.82, 2.24) is 4.98 Å². The number of anilines is 1. The van der Waals surface area contributed by atoms with Gasteiger partial charge in [-0.1, -0.05) is 0 Å². The lowest BCUT2D eigenvalue weighted by molar-refractivity contribution is -0.114. The zero-order valence-corrected chi connectivity index (χ0v) is 8.79. The molecule has 15 heavy (non-hydrogen) atoms. The molecule has 0 aromatic carbocycles. The maximum Gasteiger partial charge on any atom is 0.155 e. The topological polar surface area (TPSA) is 56.0 Å². The van der Waals surface area contributed by atoms with E-state index in [1.54, 1.807) is 12.3 Å². The molecule has 2 rings (SSSR count). The summed E-state index contributed by atoms with van der Waals surface area (Å²) >= 11 is 0. The first-order chi connectivity index (χ1) is 7.16. The van der Waals surface area contributed by atoms with Gasteiger partial charge in [0.25, 0.3) is 0 Å². The van der Waals surface area contributed by atoms with Gasteiger partial charge in [-0.3, -0.25) is 4.79 Å². The van der Waals surface area contributed by atoms with E-state index in [1.165, 1.54) is 0 Å². The lowest BCUT2D eigenvalue weighted by Crippen LogP contribution is -2.04. The Balaban J connectivity index is 2.41. The smallest absolute Gasteiger partial charge is 0.155 e. The maximum atomic E-state index is 11.3. The van der Waals surface area contributed by atoms with Crippen LogP contribution in [0.15, 0.2) is 18.3 Å². The fraction of sp³-hybridized carbons (Fsp3) is 0.333. The molecule has 0 spiro atoms. The lowest BCUT2D eigenvalue weighted by atomic mass is 9.92. The Kier molecular flexibility index (Phi) is 2.54. The van der Waals surface area contributed by atoms with Crippen molar-refractivity contribution in [3.63, 3.8) is 0 Å². The van der Waals surface area contributed by atoms with Crippen LogP contribution in [0.5, 0.6) is 0 Å². The van der Waals surface area contributed by atoms with Crippen molar-refractivity contribution in [2.75, 3.05) is 5.73 Å². The molecule has 0 saturated heterocycles. The summed E-state index contributed by atoms with van der Waals surface area (Å²) in [7, 11) is 0. The predicted octanol–water partition coefficient (Wildman–Crippen LogP) is 2.11. The number of pyridine rings is 1. The highest BCUT2D eigenvalue weighted by Gasteiger charge is 2.13. The van der Waals surface area contributed by atoms with E-state index in [-0.39, 0.29) is 5.78 Å². The van der Waals surface area contributed by atoms with Crippen molar-refractivity contribution >= 4 is 17.2 Å². The average molecular weight is 202 g/mol. The first-order valence-electron chi connectivity index (χ1n) is 5.13. The van der Waals surface area contributed by atoms with Crippen molar-refractivity contribution in [3.05, 3.63) is 29.5 Å². The highest BCUT2D eigenvalue weighted by atomic mass is 16.1. The third-order valence-corrected chi connectivity index (χ3v) is 2.68. The second-order valence-corrected chi connectivity index (χ2v) is 3.91. The number of rotatable bonds is 1. The minimum atomic E-state index is 0.215. The molecule has 0 amide bonds.